The van der Waals surface area contributed by atoms with Gasteiger partial charge in [-0.2, -0.15) is 11.8 Å². The van der Waals surface area contributed by atoms with E-state index in [4.69, 9.17) is 10.2 Å². The Hall–Kier alpha value is 0.420. The monoisotopic (exact) mass is 212 g/mol. The first-order valence-electron chi connectivity index (χ1n) is 3.95. The number of rotatable bonds is 8. The minimum atomic E-state index is -0.851. The molecule has 0 saturated carbocycles. The van der Waals surface area contributed by atoms with Crippen LogP contribution in [0.4, 0.5) is 0 Å². The fraction of sp³-hybridized carbons (Fsp3) is 1.00. The summed E-state index contributed by atoms with van der Waals surface area (Å²) in [6.07, 6.45) is 0.900. The molecule has 12 heavy (non-hydrogen) atoms. The lowest BCUT2D eigenvalue weighted by Gasteiger charge is -1.99. The summed E-state index contributed by atoms with van der Waals surface area (Å²) in [6.45, 7) is 0.223. The predicted molar refractivity (Wildman–Crippen MR) is 54.0 cm³/mol. The fourth-order valence-corrected chi connectivity index (χ4v) is 2.43. The highest BCUT2D eigenvalue weighted by molar-refractivity contribution is 7.99. The highest BCUT2D eigenvalue weighted by atomic mass is 32.2. The van der Waals surface area contributed by atoms with Gasteiger partial charge in [0.15, 0.2) is 0 Å². The lowest BCUT2D eigenvalue weighted by atomic mass is 10.6. The molecule has 0 radical (unpaired) electrons. The molecule has 1 atom stereocenters. The molecule has 0 heterocycles. The summed E-state index contributed by atoms with van der Waals surface area (Å²) in [5.74, 6) is 2.76. The van der Waals surface area contributed by atoms with Crippen LogP contribution in [0.3, 0.4) is 0 Å². The second-order valence-electron chi connectivity index (χ2n) is 2.26. The lowest BCUT2D eigenvalue weighted by Crippen LogP contribution is -2.06. The van der Waals surface area contributed by atoms with Crippen molar-refractivity contribution in [2.45, 2.75) is 6.42 Å². The van der Waals surface area contributed by atoms with E-state index < -0.39 is 10.8 Å². The van der Waals surface area contributed by atoms with Crippen LogP contribution in [0.1, 0.15) is 6.42 Å². The maximum absolute atomic E-state index is 11.0. The van der Waals surface area contributed by atoms with Crippen LogP contribution in [0.25, 0.3) is 0 Å². The van der Waals surface area contributed by atoms with Crippen molar-refractivity contribution in [3.8, 4) is 0 Å². The van der Waals surface area contributed by atoms with Gasteiger partial charge in [-0.15, -0.1) is 0 Å². The van der Waals surface area contributed by atoms with Crippen molar-refractivity contribution in [3.63, 3.8) is 0 Å². The van der Waals surface area contributed by atoms with Gasteiger partial charge in [0, 0.05) is 28.1 Å². The molecule has 3 nitrogen and oxygen atoms in total. The van der Waals surface area contributed by atoms with Gasteiger partial charge >= 0.3 is 0 Å². The predicted octanol–water partition coefficient (Wildman–Crippen LogP) is -0.157. The standard InChI is InChI=1S/C7H16O3S2/c8-2-5-11-4-1-6-12(10)7-3-9/h8-9H,1-7H2. The van der Waals surface area contributed by atoms with E-state index in [0.29, 0.717) is 11.5 Å². The van der Waals surface area contributed by atoms with Crippen molar-refractivity contribution in [1.82, 2.24) is 0 Å². The molecular weight excluding hydrogens is 196 g/mol. The smallest absolute Gasteiger partial charge is 0.0546 e. The third-order valence-electron chi connectivity index (χ3n) is 1.22. The van der Waals surface area contributed by atoms with E-state index >= 15 is 0 Å². The molecule has 0 aliphatic rings. The van der Waals surface area contributed by atoms with Gasteiger partial charge in [-0.3, -0.25) is 4.21 Å². The Morgan fingerprint density at radius 2 is 1.83 bits per heavy atom. The lowest BCUT2D eigenvalue weighted by molar-refractivity contribution is 0.321. The minimum absolute atomic E-state index is 0.0103. The Bertz CT molecular complexity index is 119. The number of aliphatic hydroxyl groups is 2. The molecule has 0 saturated heterocycles. The van der Waals surface area contributed by atoms with Crippen LogP contribution >= 0.6 is 11.8 Å². The molecule has 0 amide bonds. The summed E-state index contributed by atoms with van der Waals surface area (Å²) >= 11 is 1.67. The van der Waals surface area contributed by atoms with Crippen molar-refractivity contribution in [1.29, 1.82) is 0 Å². The zero-order valence-corrected chi connectivity index (χ0v) is 8.70. The Morgan fingerprint density at radius 1 is 1.08 bits per heavy atom. The molecule has 0 fully saturated rings. The second-order valence-corrected chi connectivity index (χ2v) is 5.18. The van der Waals surface area contributed by atoms with Crippen molar-refractivity contribution in [2.75, 3.05) is 36.2 Å². The highest BCUT2D eigenvalue weighted by Crippen LogP contribution is 2.01. The van der Waals surface area contributed by atoms with Crippen molar-refractivity contribution < 1.29 is 14.4 Å². The average molecular weight is 212 g/mol. The molecule has 0 spiro atoms. The van der Waals surface area contributed by atoms with Crippen LogP contribution in [0.15, 0.2) is 0 Å². The van der Waals surface area contributed by atoms with Gasteiger partial charge in [0.1, 0.15) is 0 Å². The molecule has 0 bridgehead atoms. The van der Waals surface area contributed by atoms with Crippen LogP contribution in [0, 0.1) is 0 Å². The van der Waals surface area contributed by atoms with Gasteiger partial charge in [0.05, 0.1) is 13.2 Å². The molecule has 0 rings (SSSR count). The van der Waals surface area contributed by atoms with Gasteiger partial charge < -0.3 is 10.2 Å². The van der Waals surface area contributed by atoms with E-state index in [0.717, 1.165) is 17.9 Å². The molecule has 0 aromatic carbocycles. The summed E-state index contributed by atoms with van der Waals surface area (Å²) in [4.78, 5) is 0. The van der Waals surface area contributed by atoms with E-state index in [9.17, 15) is 4.21 Å². The van der Waals surface area contributed by atoms with Crippen LogP contribution in [-0.2, 0) is 10.8 Å². The second kappa shape index (κ2) is 9.51. The first kappa shape index (κ1) is 12.4. The fourth-order valence-electron chi connectivity index (χ4n) is 0.692. The zero-order chi connectivity index (χ0) is 9.23. The summed E-state index contributed by atoms with van der Waals surface area (Å²) in [7, 11) is -0.851. The van der Waals surface area contributed by atoms with E-state index in [-0.39, 0.29) is 13.2 Å². The Kier molecular flexibility index (Phi) is 9.84. The molecule has 0 aliphatic carbocycles. The summed E-state index contributed by atoms with van der Waals surface area (Å²) in [6, 6.07) is 0. The van der Waals surface area contributed by atoms with Gasteiger partial charge in [-0.25, -0.2) is 0 Å². The largest absolute Gasteiger partial charge is 0.396 e. The Morgan fingerprint density at radius 3 is 2.42 bits per heavy atom. The average Bonchev–Trinajstić information content (AvgIpc) is 2.05. The normalized spacial score (nSPS) is 13.2. The van der Waals surface area contributed by atoms with Crippen LogP contribution in [-0.4, -0.2) is 50.6 Å². The first-order chi connectivity index (χ1) is 5.81. The molecular formula is C7H16O3S2. The molecule has 0 aromatic rings. The molecule has 0 aromatic heterocycles. The number of aliphatic hydroxyl groups excluding tert-OH is 2. The van der Waals surface area contributed by atoms with Crippen LogP contribution in [0.2, 0.25) is 0 Å². The van der Waals surface area contributed by atoms with E-state index in [1.54, 1.807) is 11.8 Å². The molecule has 1 unspecified atom stereocenters. The van der Waals surface area contributed by atoms with Gasteiger partial charge in [0.2, 0.25) is 0 Å². The molecule has 5 heteroatoms. The third kappa shape index (κ3) is 8.52. The summed E-state index contributed by atoms with van der Waals surface area (Å²) < 4.78 is 11.0. The number of hydrogen-bond donors (Lipinski definition) is 2. The number of thioether (sulfide) groups is 1. The maximum atomic E-state index is 11.0. The summed E-state index contributed by atoms with van der Waals surface area (Å²) in [5, 5.41) is 16.9. The van der Waals surface area contributed by atoms with Gasteiger partial charge in [-0.1, -0.05) is 0 Å². The zero-order valence-electron chi connectivity index (χ0n) is 7.07. The molecule has 0 aliphatic heterocycles. The minimum Gasteiger partial charge on any atom is -0.396 e. The topological polar surface area (TPSA) is 57.5 Å². The van der Waals surface area contributed by atoms with Crippen molar-refractivity contribution >= 4 is 22.6 Å². The Labute approximate surface area is 80.0 Å². The molecule has 2 N–H and O–H groups in total. The Balaban J connectivity index is 3.03. The summed E-state index contributed by atoms with van der Waals surface area (Å²) in [5.41, 5.74) is 0. The SMILES string of the molecule is O=S(CCO)CCCSCCO. The highest BCUT2D eigenvalue weighted by Gasteiger charge is 1.97. The van der Waals surface area contributed by atoms with Gasteiger partial charge in [-0.05, 0) is 12.2 Å². The van der Waals surface area contributed by atoms with E-state index in [1.807, 2.05) is 0 Å². The van der Waals surface area contributed by atoms with Gasteiger partial charge in [0.25, 0.3) is 0 Å². The third-order valence-corrected chi connectivity index (χ3v) is 3.65. The quantitative estimate of drug-likeness (QED) is 0.549. The van der Waals surface area contributed by atoms with E-state index in [1.165, 1.54) is 0 Å². The van der Waals surface area contributed by atoms with Crippen LogP contribution in [0.5, 0.6) is 0 Å². The number of hydrogen-bond acceptors (Lipinski definition) is 4. The van der Waals surface area contributed by atoms with Crippen molar-refractivity contribution in [3.05, 3.63) is 0 Å². The maximum Gasteiger partial charge on any atom is 0.0546 e. The van der Waals surface area contributed by atoms with E-state index in [2.05, 4.69) is 0 Å². The van der Waals surface area contributed by atoms with Crippen LogP contribution < -0.4 is 0 Å². The van der Waals surface area contributed by atoms with Crippen molar-refractivity contribution in [2.24, 2.45) is 0 Å². The first-order valence-corrected chi connectivity index (χ1v) is 6.60. The molecule has 74 valence electrons.